The second-order valence-electron chi connectivity index (χ2n) is 14.6. The highest BCUT2D eigenvalue weighted by Gasteiger charge is 2.47. The van der Waals surface area contributed by atoms with Crippen LogP contribution < -0.4 is 11.1 Å². The van der Waals surface area contributed by atoms with Crippen molar-refractivity contribution in [3.63, 3.8) is 0 Å². The number of halogens is 1. The van der Waals surface area contributed by atoms with Crippen LogP contribution in [0.2, 0.25) is 0 Å². The molecule has 10 heteroatoms. The fraction of sp³-hybridized carbons (Fsp3) is 0.703. The maximum atomic E-state index is 14.2. The molecule has 0 bridgehead atoms. The zero-order chi connectivity index (χ0) is 32.9. The minimum atomic E-state index is -0.567. The zero-order valence-corrected chi connectivity index (χ0v) is 27.8. The van der Waals surface area contributed by atoms with Gasteiger partial charge in [0.2, 0.25) is 17.6 Å². The van der Waals surface area contributed by atoms with Crippen molar-refractivity contribution >= 4 is 34.4 Å². The van der Waals surface area contributed by atoms with Gasteiger partial charge >= 0.3 is 5.97 Å². The molecule has 3 atom stereocenters. The topological polar surface area (TPSA) is 124 Å². The molecule has 47 heavy (non-hydrogen) atoms. The molecule has 3 N–H and O–H groups in total. The van der Waals surface area contributed by atoms with Crippen LogP contribution in [-0.2, 0) is 19.1 Å². The summed E-state index contributed by atoms with van der Waals surface area (Å²) in [6.07, 6.45) is 13.5. The van der Waals surface area contributed by atoms with Gasteiger partial charge in [-0.3, -0.25) is 9.59 Å². The number of anilines is 1. The number of esters is 1. The Labute approximate surface area is 277 Å². The predicted octanol–water partition coefficient (Wildman–Crippen LogP) is 6.63. The first-order chi connectivity index (χ1) is 22.8. The summed E-state index contributed by atoms with van der Waals surface area (Å²) in [6.45, 7) is 0.429. The van der Waals surface area contributed by atoms with Crippen LogP contribution in [0.25, 0.3) is 11.0 Å². The van der Waals surface area contributed by atoms with Crippen LogP contribution >= 0.6 is 0 Å². The predicted molar refractivity (Wildman–Crippen MR) is 177 cm³/mol. The number of hydrogen-bond acceptors (Lipinski definition) is 7. The van der Waals surface area contributed by atoms with E-state index in [0.29, 0.717) is 54.5 Å². The summed E-state index contributed by atoms with van der Waals surface area (Å²) >= 11 is 0. The van der Waals surface area contributed by atoms with Crippen molar-refractivity contribution in [2.24, 2.45) is 35.3 Å². The highest BCUT2D eigenvalue weighted by molar-refractivity contribution is 6.00. The van der Waals surface area contributed by atoms with Gasteiger partial charge in [-0.1, -0.05) is 19.3 Å². The molecule has 1 aromatic heterocycles. The number of benzene rings is 1. The fourth-order valence-corrected chi connectivity index (χ4v) is 8.86. The Morgan fingerprint density at radius 3 is 2.43 bits per heavy atom. The first-order valence-electron chi connectivity index (χ1n) is 18.0. The molecule has 1 aromatic carbocycles. The van der Waals surface area contributed by atoms with Gasteiger partial charge in [-0.25, -0.2) is 9.18 Å². The Morgan fingerprint density at radius 2 is 1.72 bits per heavy atom. The molecular weight excluding hydrogens is 601 g/mol. The van der Waals surface area contributed by atoms with Crippen LogP contribution in [0.1, 0.15) is 100 Å². The van der Waals surface area contributed by atoms with Crippen molar-refractivity contribution in [1.29, 1.82) is 0 Å². The summed E-state index contributed by atoms with van der Waals surface area (Å²) < 4.78 is 30.2. The normalized spacial score (nSPS) is 29.5. The number of nitrogens with two attached hydrogens (primary N) is 1. The summed E-state index contributed by atoms with van der Waals surface area (Å²) in [5, 5.41) is 3.81. The maximum absolute atomic E-state index is 14.2. The van der Waals surface area contributed by atoms with E-state index in [2.05, 4.69) is 5.32 Å². The lowest BCUT2D eigenvalue weighted by Gasteiger charge is -2.37. The number of rotatable bonds is 10. The monoisotopic (exact) mass is 653 g/mol. The summed E-state index contributed by atoms with van der Waals surface area (Å²) in [6, 6.07) is 5.97. The van der Waals surface area contributed by atoms with Gasteiger partial charge in [0.25, 0.3) is 0 Å². The second kappa shape index (κ2) is 15.5. The first kappa shape index (κ1) is 33.9. The molecule has 3 aliphatic carbocycles. The minimum Gasteiger partial charge on any atom is -0.460 e. The Morgan fingerprint density at radius 1 is 0.979 bits per heavy atom. The SMILES string of the molecule is COC1CCC([C@@H]2CCN(C(=O)[C@H]3CC[C@H]([C@H](N)CF)CC3)[C@@H]2C(=O)Nc2ccc3oc(C(=O)OCC4CCCCC4)cc3c2)CC1. The molecule has 0 radical (unpaired) electrons. The molecule has 0 unspecified atom stereocenters. The molecule has 1 saturated heterocycles. The van der Waals surface area contributed by atoms with Crippen molar-refractivity contribution in [2.75, 3.05) is 32.3 Å². The summed E-state index contributed by atoms with van der Waals surface area (Å²) in [4.78, 5) is 42.8. The number of nitrogens with zero attached hydrogens (tertiary/aromatic N) is 1. The third-order valence-corrected chi connectivity index (χ3v) is 11.7. The Balaban J connectivity index is 1.15. The Hall–Kier alpha value is -2.98. The van der Waals surface area contributed by atoms with Crippen LogP contribution in [0.4, 0.5) is 10.1 Å². The Bertz CT molecular complexity index is 1380. The van der Waals surface area contributed by atoms with E-state index in [-0.39, 0.29) is 41.4 Å². The molecule has 2 heterocycles. The van der Waals surface area contributed by atoms with Gasteiger partial charge in [-0.15, -0.1) is 0 Å². The summed E-state index contributed by atoms with van der Waals surface area (Å²) in [5.41, 5.74) is 7.11. The number of carbonyl (C=O) groups is 3. The number of ether oxygens (including phenoxy) is 2. The highest BCUT2D eigenvalue weighted by atomic mass is 19.1. The van der Waals surface area contributed by atoms with E-state index in [1.807, 2.05) is 11.0 Å². The lowest BCUT2D eigenvalue weighted by atomic mass is 9.75. The van der Waals surface area contributed by atoms with Gasteiger partial charge in [0.15, 0.2) is 0 Å². The molecular formula is C37H52FN3O6. The number of carbonyl (C=O) groups excluding carboxylic acids is 3. The number of furan rings is 1. The third kappa shape index (κ3) is 7.85. The average molecular weight is 654 g/mol. The number of likely N-dealkylation sites (tertiary alicyclic amines) is 1. The van der Waals surface area contributed by atoms with Gasteiger partial charge in [-0.2, -0.15) is 0 Å². The van der Waals surface area contributed by atoms with E-state index in [1.165, 1.54) is 19.3 Å². The van der Waals surface area contributed by atoms with Gasteiger partial charge in [-0.05, 0) is 119 Å². The molecule has 3 saturated carbocycles. The van der Waals surface area contributed by atoms with Crippen LogP contribution in [0, 0.1) is 29.6 Å². The molecule has 2 aromatic rings. The summed E-state index contributed by atoms with van der Waals surface area (Å²) in [7, 11) is 1.76. The van der Waals surface area contributed by atoms with Crippen LogP contribution in [0.15, 0.2) is 28.7 Å². The van der Waals surface area contributed by atoms with Crippen molar-refractivity contribution < 1.29 is 32.7 Å². The van der Waals surface area contributed by atoms with Crippen molar-refractivity contribution in [3.8, 4) is 0 Å². The first-order valence-corrected chi connectivity index (χ1v) is 18.0. The number of hydrogen-bond donors (Lipinski definition) is 2. The second-order valence-corrected chi connectivity index (χ2v) is 14.6. The number of methoxy groups -OCH3 is 1. The van der Waals surface area contributed by atoms with Crippen molar-refractivity contribution in [1.82, 2.24) is 4.90 Å². The van der Waals surface area contributed by atoms with Crippen LogP contribution in [-0.4, -0.2) is 67.8 Å². The van der Waals surface area contributed by atoms with Gasteiger partial charge < -0.3 is 29.8 Å². The number of nitrogens with one attached hydrogen (secondary N) is 1. The largest absolute Gasteiger partial charge is 0.460 e. The smallest absolute Gasteiger partial charge is 0.374 e. The van der Waals surface area contributed by atoms with Gasteiger partial charge in [0.05, 0.1) is 12.7 Å². The number of alkyl halides is 1. The Kier molecular flexibility index (Phi) is 11.2. The maximum Gasteiger partial charge on any atom is 0.374 e. The van der Waals surface area contributed by atoms with Gasteiger partial charge in [0, 0.05) is 36.7 Å². The van der Waals surface area contributed by atoms with E-state index in [4.69, 9.17) is 19.6 Å². The van der Waals surface area contributed by atoms with E-state index in [1.54, 1.807) is 25.3 Å². The lowest BCUT2D eigenvalue weighted by Crippen LogP contribution is -2.50. The van der Waals surface area contributed by atoms with Crippen molar-refractivity contribution in [3.05, 3.63) is 30.0 Å². The van der Waals surface area contributed by atoms with Crippen LogP contribution in [0.3, 0.4) is 0 Å². The van der Waals surface area contributed by atoms with Crippen LogP contribution in [0.5, 0.6) is 0 Å². The molecule has 4 fully saturated rings. The van der Waals surface area contributed by atoms with E-state index in [9.17, 15) is 18.8 Å². The highest BCUT2D eigenvalue weighted by Crippen LogP contribution is 2.42. The molecule has 6 rings (SSSR count). The molecule has 258 valence electrons. The molecule has 9 nitrogen and oxygen atoms in total. The van der Waals surface area contributed by atoms with E-state index in [0.717, 1.165) is 57.8 Å². The number of amides is 2. The molecule has 2 amide bonds. The van der Waals surface area contributed by atoms with E-state index >= 15 is 0 Å². The average Bonchev–Trinajstić information content (AvgIpc) is 3.76. The van der Waals surface area contributed by atoms with Crippen molar-refractivity contribution in [2.45, 2.75) is 108 Å². The quantitative estimate of drug-likeness (QED) is 0.276. The lowest BCUT2D eigenvalue weighted by molar-refractivity contribution is -0.142. The minimum absolute atomic E-state index is 0.0344. The molecule has 1 aliphatic heterocycles. The van der Waals surface area contributed by atoms with E-state index < -0.39 is 24.7 Å². The summed E-state index contributed by atoms with van der Waals surface area (Å²) in [5.74, 6) is 0.282. The fourth-order valence-electron chi connectivity index (χ4n) is 8.86. The third-order valence-electron chi connectivity index (χ3n) is 11.7. The number of fused-ring (bicyclic) bond motifs is 1. The molecule has 0 spiro atoms. The van der Waals surface area contributed by atoms with Gasteiger partial charge in [0.1, 0.15) is 18.3 Å². The standard InChI is InChI=1S/C37H52FN3O6/c1-45-29-14-11-24(12-15-29)30-17-18-41(36(43)26-9-7-25(8-10-26)31(39)21-38)34(30)35(42)40-28-13-16-32-27(19-28)20-33(47-32)37(44)46-22-23-5-3-2-4-6-23/h13,16,19-20,23-26,29-31,34H,2-12,14-15,17-18,21-22,39H2,1H3,(H,40,42)/t24?,25-,26-,29?,30-,31+,34-/m0/s1. The zero-order valence-electron chi connectivity index (χ0n) is 27.8. The molecule has 4 aliphatic rings.